The summed E-state index contributed by atoms with van der Waals surface area (Å²) in [5.41, 5.74) is 1.27. The Hall–Kier alpha value is -2.48. The quantitative estimate of drug-likeness (QED) is 0.641. The van der Waals surface area contributed by atoms with E-state index in [0.29, 0.717) is 17.0 Å². The van der Waals surface area contributed by atoms with Gasteiger partial charge in [-0.1, -0.05) is 35.3 Å². The fraction of sp³-hybridized carbons (Fsp3) is 0.190. The number of phenols is 1. The lowest BCUT2D eigenvalue weighted by molar-refractivity contribution is -0.136. The van der Waals surface area contributed by atoms with Crippen LogP contribution < -0.4 is 5.32 Å². The van der Waals surface area contributed by atoms with Crippen molar-refractivity contribution in [1.82, 2.24) is 5.32 Å². The van der Waals surface area contributed by atoms with Gasteiger partial charge >= 0.3 is 5.97 Å². The van der Waals surface area contributed by atoms with E-state index in [0.717, 1.165) is 0 Å². The van der Waals surface area contributed by atoms with Crippen molar-refractivity contribution in [3.05, 3.63) is 79.9 Å². The van der Waals surface area contributed by atoms with Gasteiger partial charge in [-0.05, 0) is 49.7 Å². The molecule has 0 spiro atoms. The van der Waals surface area contributed by atoms with E-state index >= 15 is 0 Å². The fourth-order valence-corrected chi connectivity index (χ4v) is 5.68. The molecule has 1 aliphatic heterocycles. The molecule has 0 aromatic heterocycles. The lowest BCUT2D eigenvalue weighted by Crippen LogP contribution is -2.31. The Bertz CT molecular complexity index is 1180. The molecule has 158 valence electrons. The third-order valence-corrected chi connectivity index (χ3v) is 7.68. The van der Waals surface area contributed by atoms with E-state index in [1.54, 1.807) is 32.0 Å². The van der Waals surface area contributed by atoms with Gasteiger partial charge in [-0.3, -0.25) is 0 Å². The number of carbonyl (C=O) groups is 1. The number of dihydropyridines is 1. The number of halogens is 2. The van der Waals surface area contributed by atoms with E-state index in [1.807, 2.05) is 0 Å². The van der Waals surface area contributed by atoms with Crippen LogP contribution >= 0.6 is 23.2 Å². The van der Waals surface area contributed by atoms with Crippen molar-refractivity contribution in [1.29, 1.82) is 0 Å². The summed E-state index contributed by atoms with van der Waals surface area (Å²) >= 11 is 12.6. The number of esters is 1. The second kappa shape index (κ2) is 8.34. The Labute approximate surface area is 184 Å². The highest BCUT2D eigenvalue weighted by atomic mass is 35.5. The van der Waals surface area contributed by atoms with Gasteiger partial charge in [0.1, 0.15) is 5.75 Å². The van der Waals surface area contributed by atoms with Crippen molar-refractivity contribution in [2.45, 2.75) is 24.7 Å². The molecule has 0 aliphatic carbocycles. The van der Waals surface area contributed by atoms with E-state index in [2.05, 4.69) is 5.32 Å². The predicted octanol–water partition coefficient (Wildman–Crippen LogP) is 4.54. The van der Waals surface area contributed by atoms with E-state index in [4.69, 9.17) is 27.9 Å². The lowest BCUT2D eigenvalue weighted by Gasteiger charge is -2.31. The summed E-state index contributed by atoms with van der Waals surface area (Å²) in [5, 5.41) is 12.9. The van der Waals surface area contributed by atoms with Crippen LogP contribution in [0.15, 0.2) is 69.2 Å². The maximum atomic E-state index is 13.6. The first-order chi connectivity index (χ1) is 14.1. The van der Waals surface area contributed by atoms with Gasteiger partial charge in [0, 0.05) is 11.4 Å². The van der Waals surface area contributed by atoms with Gasteiger partial charge in [0.2, 0.25) is 9.84 Å². The number of methoxy groups -OCH3 is 1. The minimum Gasteiger partial charge on any atom is -0.508 e. The van der Waals surface area contributed by atoms with Gasteiger partial charge in [0.05, 0.1) is 38.4 Å². The smallest absolute Gasteiger partial charge is 0.336 e. The van der Waals surface area contributed by atoms with Gasteiger partial charge in [0.15, 0.2) is 0 Å². The van der Waals surface area contributed by atoms with Crippen molar-refractivity contribution < 1.29 is 23.1 Å². The van der Waals surface area contributed by atoms with Crippen LogP contribution in [-0.4, -0.2) is 26.6 Å². The molecule has 1 atom stereocenters. The topological polar surface area (TPSA) is 92.7 Å². The first kappa shape index (κ1) is 22.2. The second-order valence-electron chi connectivity index (χ2n) is 6.72. The molecule has 3 rings (SSSR count). The Kier molecular flexibility index (Phi) is 6.17. The van der Waals surface area contributed by atoms with Crippen molar-refractivity contribution in [3.63, 3.8) is 0 Å². The minimum absolute atomic E-state index is 0.0385. The Morgan fingerprint density at radius 1 is 1.07 bits per heavy atom. The summed E-state index contributed by atoms with van der Waals surface area (Å²) in [6, 6.07) is 9.99. The number of hydrogen-bond acceptors (Lipinski definition) is 6. The number of carbonyl (C=O) groups excluding carboxylic acids is 1. The number of rotatable bonds is 4. The zero-order valence-electron chi connectivity index (χ0n) is 16.4. The Morgan fingerprint density at radius 2 is 1.70 bits per heavy atom. The number of nitrogens with one attached hydrogen (secondary N) is 1. The Balaban J connectivity index is 2.34. The number of aromatic hydroxyl groups is 1. The van der Waals surface area contributed by atoms with Crippen molar-refractivity contribution >= 4 is 39.0 Å². The third-order valence-electron chi connectivity index (χ3n) is 4.83. The van der Waals surface area contributed by atoms with Gasteiger partial charge in [-0.2, -0.15) is 0 Å². The van der Waals surface area contributed by atoms with E-state index in [1.165, 1.54) is 31.4 Å². The molecular formula is C21H19Cl2NO5S. The van der Waals surface area contributed by atoms with Gasteiger partial charge < -0.3 is 15.2 Å². The first-order valence-electron chi connectivity index (χ1n) is 8.84. The number of benzene rings is 2. The zero-order valence-corrected chi connectivity index (χ0v) is 18.7. The summed E-state index contributed by atoms with van der Waals surface area (Å²) in [6.45, 7) is 3.27. The van der Waals surface area contributed by atoms with E-state index in [-0.39, 0.29) is 31.2 Å². The molecule has 0 fully saturated rings. The van der Waals surface area contributed by atoms with Crippen molar-refractivity contribution in [3.8, 4) is 5.75 Å². The average molecular weight is 468 g/mol. The molecular weight excluding hydrogens is 449 g/mol. The molecule has 1 unspecified atom stereocenters. The van der Waals surface area contributed by atoms with Crippen LogP contribution in [0.5, 0.6) is 5.75 Å². The fourth-order valence-electron chi connectivity index (χ4n) is 3.50. The van der Waals surface area contributed by atoms with Crippen molar-refractivity contribution in [2.75, 3.05) is 7.11 Å². The van der Waals surface area contributed by atoms with E-state index < -0.39 is 21.7 Å². The first-order valence-corrected chi connectivity index (χ1v) is 11.1. The predicted molar refractivity (Wildman–Crippen MR) is 115 cm³/mol. The molecule has 30 heavy (non-hydrogen) atoms. The standard InChI is InChI=1S/C21H19Cl2NO5S/c1-11-17(21(26)29-3)18(15-5-4-6-16(22)19(15)23)20(12(2)24-11)30(27,28)14-9-7-13(25)8-10-14/h4-10,18,24-25H,1-3H3. The van der Waals surface area contributed by atoms with Crippen LogP contribution in [0, 0.1) is 0 Å². The minimum atomic E-state index is -4.09. The number of phenolic OH excluding ortho intramolecular Hbond substituents is 1. The average Bonchev–Trinajstić information content (AvgIpc) is 2.69. The van der Waals surface area contributed by atoms with Crippen LogP contribution in [-0.2, 0) is 19.4 Å². The monoisotopic (exact) mass is 467 g/mol. The maximum absolute atomic E-state index is 13.6. The SMILES string of the molecule is COC(=O)C1=C(C)NC(C)=C(S(=O)(=O)c2ccc(O)cc2)C1c1cccc(Cl)c1Cl. The highest BCUT2D eigenvalue weighted by molar-refractivity contribution is 7.95. The molecule has 0 saturated carbocycles. The second-order valence-corrected chi connectivity index (χ2v) is 9.42. The number of allylic oxidation sites excluding steroid dienone is 3. The van der Waals surface area contributed by atoms with Crippen LogP contribution in [0.25, 0.3) is 0 Å². The maximum Gasteiger partial charge on any atom is 0.336 e. The summed E-state index contributed by atoms with van der Waals surface area (Å²) < 4.78 is 32.2. The molecule has 1 aliphatic rings. The summed E-state index contributed by atoms with van der Waals surface area (Å²) in [4.78, 5) is 12.6. The number of ether oxygens (including phenoxy) is 1. The van der Waals surface area contributed by atoms with Gasteiger partial charge in [-0.25, -0.2) is 13.2 Å². The van der Waals surface area contributed by atoms with E-state index in [9.17, 15) is 18.3 Å². The molecule has 1 heterocycles. The molecule has 0 amide bonds. The molecule has 0 radical (unpaired) electrons. The van der Waals surface area contributed by atoms with Gasteiger partial charge in [0.25, 0.3) is 0 Å². The molecule has 2 N–H and O–H groups in total. The van der Waals surface area contributed by atoms with Crippen LogP contribution in [0.1, 0.15) is 25.3 Å². The number of hydrogen-bond donors (Lipinski definition) is 2. The summed E-state index contributed by atoms with van der Waals surface area (Å²) in [5.74, 6) is -1.79. The molecule has 2 aromatic rings. The highest BCUT2D eigenvalue weighted by Gasteiger charge is 2.41. The van der Waals surface area contributed by atoms with Gasteiger partial charge in [-0.15, -0.1) is 0 Å². The number of sulfone groups is 1. The molecule has 6 nitrogen and oxygen atoms in total. The molecule has 0 saturated heterocycles. The largest absolute Gasteiger partial charge is 0.508 e. The lowest BCUT2D eigenvalue weighted by atomic mass is 9.86. The normalized spacial score (nSPS) is 17.0. The summed E-state index contributed by atoms with van der Waals surface area (Å²) in [6.07, 6.45) is 0. The van der Waals surface area contributed by atoms with Crippen LogP contribution in [0.2, 0.25) is 10.0 Å². The molecule has 2 aromatic carbocycles. The Morgan fingerprint density at radius 3 is 2.30 bits per heavy atom. The van der Waals surface area contributed by atoms with Crippen LogP contribution in [0.3, 0.4) is 0 Å². The molecule has 0 bridgehead atoms. The highest BCUT2D eigenvalue weighted by Crippen LogP contribution is 2.46. The van der Waals surface area contributed by atoms with Crippen molar-refractivity contribution in [2.24, 2.45) is 0 Å². The summed E-state index contributed by atoms with van der Waals surface area (Å²) in [7, 11) is -2.87. The molecule has 9 heteroatoms. The third kappa shape index (κ3) is 3.80. The zero-order chi connectivity index (χ0) is 22.2. The van der Waals surface area contributed by atoms with Crippen LogP contribution in [0.4, 0.5) is 0 Å².